The third-order valence-corrected chi connectivity index (χ3v) is 2.44. The summed E-state index contributed by atoms with van der Waals surface area (Å²) >= 11 is 0. The van der Waals surface area contributed by atoms with Gasteiger partial charge in [-0.1, -0.05) is 0 Å². The number of carbonyl (C=O) groups is 3. The molecule has 1 amide bonds. The van der Waals surface area contributed by atoms with Crippen molar-refractivity contribution in [2.75, 3.05) is 13.7 Å². The van der Waals surface area contributed by atoms with Gasteiger partial charge in [0.2, 0.25) is 5.91 Å². The molecule has 1 aliphatic rings. The SMILES string of the molecule is COC(=O)CCNC(=O)C1CCC(C(=O)O)O1. The minimum atomic E-state index is -1.06. The van der Waals surface area contributed by atoms with Gasteiger partial charge in [-0.2, -0.15) is 0 Å². The Morgan fingerprint density at radius 1 is 1.35 bits per heavy atom. The topological polar surface area (TPSA) is 102 Å². The molecule has 2 atom stereocenters. The molecule has 96 valence electrons. The van der Waals surface area contributed by atoms with Crippen LogP contribution in [0.2, 0.25) is 0 Å². The minimum absolute atomic E-state index is 0.0807. The zero-order valence-electron chi connectivity index (χ0n) is 9.47. The van der Waals surface area contributed by atoms with E-state index in [0.717, 1.165) is 0 Å². The molecule has 1 fully saturated rings. The van der Waals surface area contributed by atoms with Gasteiger partial charge in [-0.3, -0.25) is 9.59 Å². The van der Waals surface area contributed by atoms with Crippen molar-refractivity contribution in [3.8, 4) is 0 Å². The Labute approximate surface area is 98.1 Å². The van der Waals surface area contributed by atoms with Crippen molar-refractivity contribution in [3.63, 3.8) is 0 Å². The molecule has 7 nitrogen and oxygen atoms in total. The number of carboxylic acids is 1. The molecule has 0 bridgehead atoms. The first-order chi connectivity index (χ1) is 8.04. The fraction of sp³-hybridized carbons (Fsp3) is 0.700. The number of hydrogen-bond donors (Lipinski definition) is 2. The molecular weight excluding hydrogens is 230 g/mol. The predicted octanol–water partition coefficient (Wildman–Crippen LogP) is -0.702. The molecule has 0 aromatic heterocycles. The summed E-state index contributed by atoms with van der Waals surface area (Å²) in [5, 5.41) is 11.2. The molecule has 7 heteroatoms. The van der Waals surface area contributed by atoms with Gasteiger partial charge in [-0.25, -0.2) is 4.79 Å². The second kappa shape index (κ2) is 6.19. The number of nitrogens with one attached hydrogen (secondary N) is 1. The normalized spacial score (nSPS) is 23.1. The summed E-state index contributed by atoms with van der Waals surface area (Å²) in [5.41, 5.74) is 0. The Kier molecular flexibility index (Phi) is 4.89. The van der Waals surface area contributed by atoms with Crippen molar-refractivity contribution in [2.45, 2.75) is 31.5 Å². The number of carbonyl (C=O) groups excluding carboxylic acids is 2. The predicted molar refractivity (Wildman–Crippen MR) is 55.2 cm³/mol. The molecule has 1 saturated heterocycles. The maximum Gasteiger partial charge on any atom is 0.332 e. The van der Waals surface area contributed by atoms with Gasteiger partial charge < -0.3 is 19.9 Å². The van der Waals surface area contributed by atoms with Crippen molar-refractivity contribution in [1.82, 2.24) is 5.32 Å². The molecular formula is C10H15NO6. The van der Waals surface area contributed by atoms with Gasteiger partial charge in [-0.15, -0.1) is 0 Å². The van der Waals surface area contributed by atoms with E-state index >= 15 is 0 Å². The molecule has 0 aromatic rings. The van der Waals surface area contributed by atoms with Crippen LogP contribution in [0.4, 0.5) is 0 Å². The van der Waals surface area contributed by atoms with Crippen LogP contribution in [-0.2, 0) is 23.9 Å². The van der Waals surface area contributed by atoms with Crippen LogP contribution < -0.4 is 5.32 Å². The first-order valence-corrected chi connectivity index (χ1v) is 5.27. The van der Waals surface area contributed by atoms with E-state index in [-0.39, 0.29) is 13.0 Å². The fourth-order valence-corrected chi connectivity index (χ4v) is 1.52. The number of esters is 1. The summed E-state index contributed by atoms with van der Waals surface area (Å²) in [4.78, 5) is 32.9. The van der Waals surface area contributed by atoms with E-state index < -0.39 is 30.1 Å². The van der Waals surface area contributed by atoms with Crippen molar-refractivity contribution >= 4 is 17.8 Å². The molecule has 0 saturated carbocycles. The summed E-state index contributed by atoms with van der Waals surface area (Å²) in [5.74, 6) is -1.87. The van der Waals surface area contributed by atoms with Crippen LogP contribution in [0.1, 0.15) is 19.3 Å². The van der Waals surface area contributed by atoms with Crippen LogP contribution in [0.3, 0.4) is 0 Å². The highest BCUT2D eigenvalue weighted by molar-refractivity contribution is 5.83. The second-order valence-electron chi connectivity index (χ2n) is 3.65. The zero-order chi connectivity index (χ0) is 12.8. The highest BCUT2D eigenvalue weighted by Gasteiger charge is 2.34. The third-order valence-electron chi connectivity index (χ3n) is 2.44. The maximum absolute atomic E-state index is 11.5. The summed E-state index contributed by atoms with van der Waals surface area (Å²) in [6.07, 6.45) is -0.872. The molecule has 0 aromatic carbocycles. The number of carboxylic acid groups (broad SMARTS) is 1. The second-order valence-corrected chi connectivity index (χ2v) is 3.65. The molecule has 2 unspecified atom stereocenters. The molecule has 0 radical (unpaired) electrons. The number of hydrogen-bond acceptors (Lipinski definition) is 5. The Balaban J connectivity index is 2.25. The average Bonchev–Trinajstić information content (AvgIpc) is 2.78. The summed E-state index contributed by atoms with van der Waals surface area (Å²) in [6, 6.07) is 0. The Hall–Kier alpha value is -1.63. The van der Waals surface area contributed by atoms with E-state index in [1.807, 2.05) is 0 Å². The lowest BCUT2D eigenvalue weighted by Crippen LogP contribution is -2.36. The van der Waals surface area contributed by atoms with E-state index in [1.165, 1.54) is 7.11 Å². The molecule has 0 aliphatic carbocycles. The lowest BCUT2D eigenvalue weighted by Gasteiger charge is -2.11. The largest absolute Gasteiger partial charge is 0.479 e. The number of amides is 1. The van der Waals surface area contributed by atoms with Crippen LogP contribution in [0, 0.1) is 0 Å². The molecule has 1 rings (SSSR count). The third kappa shape index (κ3) is 4.03. The fourth-order valence-electron chi connectivity index (χ4n) is 1.52. The number of rotatable bonds is 5. The van der Waals surface area contributed by atoms with Gasteiger partial charge in [0.25, 0.3) is 0 Å². The number of ether oxygens (including phenoxy) is 2. The van der Waals surface area contributed by atoms with Crippen LogP contribution in [-0.4, -0.2) is 48.8 Å². The van der Waals surface area contributed by atoms with Gasteiger partial charge in [-0.05, 0) is 12.8 Å². The van der Waals surface area contributed by atoms with Crippen LogP contribution in [0.5, 0.6) is 0 Å². The number of methoxy groups -OCH3 is 1. The zero-order valence-corrected chi connectivity index (χ0v) is 9.47. The summed E-state index contributed by atoms with van der Waals surface area (Å²) in [7, 11) is 1.27. The number of aliphatic carboxylic acids is 1. The standard InChI is InChI=1S/C10H15NO6/c1-16-8(12)4-5-11-9(13)6-2-3-7(17-6)10(14)15/h6-7H,2-5H2,1H3,(H,11,13)(H,14,15). The lowest BCUT2D eigenvalue weighted by molar-refractivity contribution is -0.151. The highest BCUT2D eigenvalue weighted by atomic mass is 16.5. The van der Waals surface area contributed by atoms with Gasteiger partial charge >= 0.3 is 11.9 Å². The molecule has 2 N–H and O–H groups in total. The van der Waals surface area contributed by atoms with E-state index in [0.29, 0.717) is 12.8 Å². The van der Waals surface area contributed by atoms with Crippen molar-refractivity contribution in [2.24, 2.45) is 0 Å². The Bertz CT molecular complexity index is 316. The van der Waals surface area contributed by atoms with Gasteiger partial charge in [0.1, 0.15) is 6.10 Å². The van der Waals surface area contributed by atoms with Crippen molar-refractivity contribution < 1.29 is 29.0 Å². The van der Waals surface area contributed by atoms with Crippen LogP contribution in [0.15, 0.2) is 0 Å². The van der Waals surface area contributed by atoms with Gasteiger partial charge in [0.05, 0.1) is 13.5 Å². The van der Waals surface area contributed by atoms with Crippen LogP contribution >= 0.6 is 0 Å². The summed E-state index contributed by atoms with van der Waals surface area (Å²) in [6.45, 7) is 0.156. The molecule has 1 heterocycles. The molecule has 0 spiro atoms. The average molecular weight is 245 g/mol. The van der Waals surface area contributed by atoms with Gasteiger partial charge in [0, 0.05) is 6.54 Å². The molecule has 17 heavy (non-hydrogen) atoms. The van der Waals surface area contributed by atoms with E-state index in [2.05, 4.69) is 10.1 Å². The monoisotopic (exact) mass is 245 g/mol. The first kappa shape index (κ1) is 13.4. The lowest BCUT2D eigenvalue weighted by atomic mass is 10.2. The molecule has 1 aliphatic heterocycles. The van der Waals surface area contributed by atoms with Gasteiger partial charge in [0.15, 0.2) is 6.10 Å². The highest BCUT2D eigenvalue weighted by Crippen LogP contribution is 2.19. The Morgan fingerprint density at radius 2 is 2.00 bits per heavy atom. The van der Waals surface area contributed by atoms with E-state index in [4.69, 9.17) is 9.84 Å². The van der Waals surface area contributed by atoms with Crippen molar-refractivity contribution in [3.05, 3.63) is 0 Å². The minimum Gasteiger partial charge on any atom is -0.479 e. The maximum atomic E-state index is 11.5. The van der Waals surface area contributed by atoms with Crippen molar-refractivity contribution in [1.29, 1.82) is 0 Å². The first-order valence-electron chi connectivity index (χ1n) is 5.27. The van der Waals surface area contributed by atoms with E-state index in [9.17, 15) is 14.4 Å². The smallest absolute Gasteiger partial charge is 0.332 e. The Morgan fingerprint density at radius 3 is 2.53 bits per heavy atom. The van der Waals surface area contributed by atoms with E-state index in [1.54, 1.807) is 0 Å². The quantitative estimate of drug-likeness (QED) is 0.621. The summed E-state index contributed by atoms with van der Waals surface area (Å²) < 4.78 is 9.45. The van der Waals surface area contributed by atoms with Crippen LogP contribution in [0.25, 0.3) is 0 Å².